The maximum Gasteiger partial charge on any atom is 0.266 e. The van der Waals surface area contributed by atoms with Gasteiger partial charge in [-0.05, 0) is 61.2 Å². The summed E-state index contributed by atoms with van der Waals surface area (Å²) in [7, 11) is -3.95. The third-order valence-electron chi connectivity index (χ3n) is 5.52. The van der Waals surface area contributed by atoms with Crippen LogP contribution in [0.1, 0.15) is 25.3 Å². The van der Waals surface area contributed by atoms with Gasteiger partial charge in [-0.1, -0.05) is 30.2 Å². The molecule has 9 heteroatoms. The monoisotopic (exact) mass is 471 g/mol. The van der Waals surface area contributed by atoms with Gasteiger partial charge in [0.2, 0.25) is 10.0 Å². The second-order valence-electron chi connectivity index (χ2n) is 7.51. The topological polar surface area (TPSA) is 71.7 Å². The first-order valence-electron chi connectivity index (χ1n) is 10.3. The molecule has 0 radical (unpaired) electrons. The minimum Gasteiger partial charge on any atom is -0.305 e. The van der Waals surface area contributed by atoms with Crippen LogP contribution in [0.25, 0.3) is 10.2 Å². The van der Waals surface area contributed by atoms with Crippen LogP contribution < -0.4 is 4.80 Å². The smallest absolute Gasteiger partial charge is 0.266 e. The minimum absolute atomic E-state index is 0.0463. The average molecular weight is 472 g/mol. The van der Waals surface area contributed by atoms with E-state index in [1.165, 1.54) is 27.8 Å². The van der Waals surface area contributed by atoms with Crippen LogP contribution in [0.5, 0.6) is 0 Å². The number of nitrogens with zero attached hydrogens (tertiary/aromatic N) is 3. The zero-order valence-electron chi connectivity index (χ0n) is 17.5. The Morgan fingerprint density at radius 3 is 2.72 bits per heavy atom. The van der Waals surface area contributed by atoms with Gasteiger partial charge >= 0.3 is 0 Å². The van der Waals surface area contributed by atoms with Gasteiger partial charge < -0.3 is 4.57 Å². The van der Waals surface area contributed by atoms with Crippen LogP contribution in [0.2, 0.25) is 0 Å². The summed E-state index contributed by atoms with van der Waals surface area (Å²) in [6, 6.07) is 9.73. The van der Waals surface area contributed by atoms with Crippen molar-refractivity contribution in [3.8, 4) is 12.3 Å². The average Bonchev–Trinajstić information content (AvgIpc) is 3.40. The number of aryl methyl sites for hydroxylation is 1. The fourth-order valence-corrected chi connectivity index (χ4v) is 6.60. The summed E-state index contributed by atoms with van der Waals surface area (Å²) in [6.45, 7) is 2.53. The van der Waals surface area contributed by atoms with Crippen molar-refractivity contribution in [2.75, 3.05) is 6.54 Å². The van der Waals surface area contributed by atoms with E-state index in [0.29, 0.717) is 17.6 Å². The third-order valence-corrected chi connectivity index (χ3v) is 8.48. The number of thiazole rings is 1. The van der Waals surface area contributed by atoms with Gasteiger partial charge in [0.15, 0.2) is 4.80 Å². The van der Waals surface area contributed by atoms with E-state index < -0.39 is 27.8 Å². The number of carbonyl (C=O) groups is 1. The molecule has 0 bridgehead atoms. The van der Waals surface area contributed by atoms with Crippen LogP contribution in [0, 0.1) is 18.2 Å². The zero-order chi connectivity index (χ0) is 22.9. The molecule has 1 aromatic heterocycles. The van der Waals surface area contributed by atoms with Gasteiger partial charge in [0.25, 0.3) is 5.91 Å². The molecule has 1 saturated heterocycles. The van der Waals surface area contributed by atoms with E-state index >= 15 is 0 Å². The molecule has 2 heterocycles. The lowest BCUT2D eigenvalue weighted by Crippen LogP contribution is -2.40. The van der Waals surface area contributed by atoms with E-state index in [2.05, 4.69) is 23.9 Å². The van der Waals surface area contributed by atoms with Crippen molar-refractivity contribution < 1.29 is 17.6 Å². The molecule has 1 aliphatic heterocycles. The van der Waals surface area contributed by atoms with E-state index in [1.807, 2.05) is 12.1 Å². The molecule has 0 saturated carbocycles. The molecule has 1 unspecified atom stereocenters. The number of hydrogen-bond donors (Lipinski definition) is 0. The van der Waals surface area contributed by atoms with Gasteiger partial charge in [-0.2, -0.15) is 9.30 Å². The molecule has 6 nitrogen and oxygen atoms in total. The lowest BCUT2D eigenvalue weighted by atomic mass is 10.2. The first kappa shape index (κ1) is 22.4. The van der Waals surface area contributed by atoms with Crippen molar-refractivity contribution >= 4 is 37.5 Å². The number of hydrogen-bond acceptors (Lipinski definition) is 4. The van der Waals surface area contributed by atoms with Gasteiger partial charge in [0, 0.05) is 6.54 Å². The number of rotatable bonds is 5. The van der Waals surface area contributed by atoms with Crippen LogP contribution >= 0.6 is 11.3 Å². The Hall–Kier alpha value is -2.80. The highest BCUT2D eigenvalue weighted by Gasteiger charge is 2.39. The van der Waals surface area contributed by atoms with Gasteiger partial charge in [-0.15, -0.1) is 6.42 Å². The van der Waals surface area contributed by atoms with Crippen LogP contribution in [0.3, 0.4) is 0 Å². The van der Waals surface area contributed by atoms with Gasteiger partial charge in [0.05, 0.1) is 21.7 Å². The van der Waals surface area contributed by atoms with Crippen LogP contribution in [-0.4, -0.2) is 35.8 Å². The fourth-order valence-electron chi connectivity index (χ4n) is 3.85. The Bertz CT molecular complexity index is 1380. The quantitative estimate of drug-likeness (QED) is 0.536. The Balaban J connectivity index is 1.72. The highest BCUT2D eigenvalue weighted by atomic mass is 32.2. The summed E-state index contributed by atoms with van der Waals surface area (Å²) in [5.41, 5.74) is 2.05. The summed E-state index contributed by atoms with van der Waals surface area (Å²) in [4.78, 5) is 17.8. The lowest BCUT2D eigenvalue weighted by molar-refractivity contribution is -0.121. The predicted octanol–water partition coefficient (Wildman–Crippen LogP) is 3.32. The van der Waals surface area contributed by atoms with E-state index in [0.717, 1.165) is 34.3 Å². The second-order valence-corrected chi connectivity index (χ2v) is 10.4. The van der Waals surface area contributed by atoms with Crippen LogP contribution in [0.15, 0.2) is 52.4 Å². The number of fused-ring (bicyclic) bond motifs is 1. The Morgan fingerprint density at radius 2 is 2.03 bits per heavy atom. The molecule has 2 aromatic carbocycles. The van der Waals surface area contributed by atoms with Gasteiger partial charge in [-0.25, -0.2) is 12.8 Å². The number of halogens is 1. The molecule has 3 aromatic rings. The number of benzene rings is 2. The van der Waals surface area contributed by atoms with Crippen molar-refractivity contribution in [1.29, 1.82) is 0 Å². The van der Waals surface area contributed by atoms with E-state index in [-0.39, 0.29) is 18.0 Å². The molecule has 1 atom stereocenters. The van der Waals surface area contributed by atoms with Crippen molar-refractivity contribution in [2.24, 2.45) is 4.99 Å². The van der Waals surface area contributed by atoms with Crippen LogP contribution in [0.4, 0.5) is 4.39 Å². The number of amides is 1. The Labute approximate surface area is 190 Å². The first-order valence-corrected chi connectivity index (χ1v) is 12.5. The van der Waals surface area contributed by atoms with Crippen molar-refractivity contribution in [3.05, 3.63) is 58.6 Å². The highest BCUT2D eigenvalue weighted by molar-refractivity contribution is 7.89. The molecular weight excluding hydrogens is 449 g/mol. The van der Waals surface area contributed by atoms with E-state index in [4.69, 9.17) is 6.42 Å². The van der Waals surface area contributed by atoms with Crippen LogP contribution in [-0.2, 0) is 27.8 Å². The third kappa shape index (κ3) is 4.13. The molecular formula is C23H22FN3O3S2. The molecule has 4 rings (SSSR count). The van der Waals surface area contributed by atoms with E-state index in [9.17, 15) is 17.6 Å². The molecule has 166 valence electrons. The molecule has 1 fully saturated rings. The number of carbonyl (C=O) groups excluding carboxylic acids is 1. The highest BCUT2D eigenvalue weighted by Crippen LogP contribution is 2.27. The summed E-state index contributed by atoms with van der Waals surface area (Å²) >= 11 is 1.36. The normalized spacial score (nSPS) is 17.7. The fraction of sp³-hybridized carbons (Fsp3) is 0.304. The standard InChI is InChI=1S/C23H22FN3O3S2/c1-3-13-26-19-12-7-16(4-2)15-21(19)31-23(26)25-22(28)20-6-5-14-27(20)32(29,30)18-10-8-17(24)9-11-18/h1,7-12,15,20H,4-6,13-14H2,2H3. The maximum atomic E-state index is 13.2. The van der Waals surface area contributed by atoms with Crippen molar-refractivity contribution in [1.82, 2.24) is 8.87 Å². The van der Waals surface area contributed by atoms with Crippen molar-refractivity contribution in [2.45, 2.75) is 43.7 Å². The summed E-state index contributed by atoms with van der Waals surface area (Å²) in [6.07, 6.45) is 7.34. The summed E-state index contributed by atoms with van der Waals surface area (Å²) < 4.78 is 43.3. The summed E-state index contributed by atoms with van der Waals surface area (Å²) in [5.74, 6) is 1.54. The number of aromatic nitrogens is 1. The number of terminal acetylenes is 1. The number of sulfonamides is 1. The van der Waals surface area contributed by atoms with E-state index in [1.54, 1.807) is 4.57 Å². The zero-order valence-corrected chi connectivity index (χ0v) is 19.1. The molecule has 1 aliphatic rings. The molecule has 0 aliphatic carbocycles. The molecule has 32 heavy (non-hydrogen) atoms. The Morgan fingerprint density at radius 1 is 1.28 bits per heavy atom. The Kier molecular flexibility index (Phi) is 6.29. The minimum atomic E-state index is -3.95. The van der Waals surface area contributed by atoms with Crippen molar-refractivity contribution in [3.63, 3.8) is 0 Å². The second kappa shape index (κ2) is 8.98. The lowest BCUT2D eigenvalue weighted by Gasteiger charge is -2.21. The first-order chi connectivity index (χ1) is 15.3. The summed E-state index contributed by atoms with van der Waals surface area (Å²) in [5, 5.41) is 0. The predicted molar refractivity (Wildman–Crippen MR) is 122 cm³/mol. The molecule has 0 spiro atoms. The molecule has 0 N–H and O–H groups in total. The SMILES string of the molecule is C#CCn1c(=NC(=O)C2CCCN2S(=O)(=O)c2ccc(F)cc2)sc2cc(CC)ccc21. The maximum absolute atomic E-state index is 13.2. The largest absolute Gasteiger partial charge is 0.305 e. The molecule has 1 amide bonds. The van der Waals surface area contributed by atoms with Gasteiger partial charge in [-0.3, -0.25) is 4.79 Å². The van der Waals surface area contributed by atoms with Gasteiger partial charge in [0.1, 0.15) is 11.9 Å².